The molecule has 1 rings (SSSR count). The Balaban J connectivity index is 0.000000459. The fourth-order valence-corrected chi connectivity index (χ4v) is 0.890. The van der Waals surface area contributed by atoms with Crippen LogP contribution in [0.3, 0.4) is 0 Å². The van der Waals surface area contributed by atoms with Crippen molar-refractivity contribution in [2.24, 2.45) is 15.4 Å². The summed E-state index contributed by atoms with van der Waals surface area (Å²) in [5.74, 6) is 0. The van der Waals surface area contributed by atoms with Gasteiger partial charge in [-0.2, -0.15) is 9.98 Å². The van der Waals surface area contributed by atoms with E-state index in [1.54, 1.807) is 19.1 Å². The highest BCUT2D eigenvalue weighted by Crippen LogP contribution is 2.23. The molecule has 4 heteroatoms. The molecule has 0 heterocycles. The molecule has 0 unspecified atom stereocenters. The number of carbonyl (C=O) groups excluding carboxylic acids is 2. The lowest BCUT2D eigenvalue weighted by molar-refractivity contribution is 0.398. The van der Waals surface area contributed by atoms with Crippen LogP contribution in [0.2, 0.25) is 0 Å². The van der Waals surface area contributed by atoms with Gasteiger partial charge in [-0.1, -0.05) is 40.2 Å². The molecule has 19 heavy (non-hydrogen) atoms. The van der Waals surface area contributed by atoms with Crippen LogP contribution in [-0.4, -0.2) is 12.2 Å². The smallest absolute Gasteiger partial charge is 0.211 e. The van der Waals surface area contributed by atoms with Gasteiger partial charge in [-0.05, 0) is 30.0 Å². The molecule has 1 aromatic carbocycles. The van der Waals surface area contributed by atoms with Gasteiger partial charge in [0.15, 0.2) is 0 Å². The average Bonchev–Trinajstić information content (AvgIpc) is 2.34. The summed E-state index contributed by atoms with van der Waals surface area (Å²) in [7, 11) is 0. The number of nitrogens with zero attached hydrogens (tertiary/aromatic N) is 2. The van der Waals surface area contributed by atoms with Gasteiger partial charge in [-0.3, -0.25) is 0 Å². The third-order valence-electron chi connectivity index (χ3n) is 2.59. The molecule has 102 valence electrons. The molecule has 0 amide bonds. The molecule has 0 radical (unpaired) electrons. The summed E-state index contributed by atoms with van der Waals surface area (Å²) in [6, 6.07) is 4.88. The van der Waals surface area contributed by atoms with Crippen molar-refractivity contribution in [1.82, 2.24) is 0 Å². The van der Waals surface area contributed by atoms with Crippen molar-refractivity contribution in [3.8, 4) is 0 Å². The molecule has 1 aromatic rings. The van der Waals surface area contributed by atoms with E-state index in [-0.39, 0.29) is 0 Å². The van der Waals surface area contributed by atoms with E-state index >= 15 is 0 Å². The normalized spacial score (nSPS) is 9.53. The number of aryl methyl sites for hydroxylation is 1. The van der Waals surface area contributed by atoms with Crippen molar-refractivity contribution in [3.05, 3.63) is 23.8 Å². The zero-order chi connectivity index (χ0) is 14.9. The van der Waals surface area contributed by atoms with Crippen molar-refractivity contribution in [2.45, 2.75) is 41.0 Å². The molecule has 0 saturated carbocycles. The number of hydrogen-bond donors (Lipinski definition) is 0. The summed E-state index contributed by atoms with van der Waals surface area (Å²) in [6.45, 7) is 10.7. The Bertz CT molecular complexity index is 503. The molecule has 0 spiro atoms. The summed E-state index contributed by atoms with van der Waals surface area (Å²) in [6.07, 6.45) is 4.11. The maximum absolute atomic E-state index is 10.00. The fraction of sp³-hybridized carbons (Fsp3) is 0.467. The van der Waals surface area contributed by atoms with Crippen LogP contribution in [-0.2, 0) is 9.59 Å². The van der Waals surface area contributed by atoms with Crippen molar-refractivity contribution in [3.63, 3.8) is 0 Å². The fourth-order valence-electron chi connectivity index (χ4n) is 0.890. The van der Waals surface area contributed by atoms with Gasteiger partial charge in [0.2, 0.25) is 12.2 Å². The van der Waals surface area contributed by atoms with Gasteiger partial charge in [0.1, 0.15) is 0 Å². The summed E-state index contributed by atoms with van der Waals surface area (Å²) in [4.78, 5) is 26.8. The maximum atomic E-state index is 10.00. The highest BCUT2D eigenvalue weighted by Gasteiger charge is 2.03. The number of benzene rings is 1. The van der Waals surface area contributed by atoms with Crippen LogP contribution in [0.15, 0.2) is 28.2 Å². The molecule has 0 aromatic heterocycles. The van der Waals surface area contributed by atoms with Crippen molar-refractivity contribution >= 4 is 23.5 Å². The molecule has 0 fully saturated rings. The first-order valence-corrected chi connectivity index (χ1v) is 6.10. The monoisotopic (exact) mass is 260 g/mol. The second-order valence-corrected chi connectivity index (χ2v) is 5.29. The van der Waals surface area contributed by atoms with Crippen LogP contribution in [0, 0.1) is 12.3 Å². The van der Waals surface area contributed by atoms with E-state index in [1.807, 2.05) is 0 Å². The molecule has 0 bridgehead atoms. The van der Waals surface area contributed by atoms with E-state index in [0.29, 0.717) is 16.8 Å². The summed E-state index contributed by atoms with van der Waals surface area (Å²) in [5, 5.41) is 0. The predicted octanol–water partition coefficient (Wildman–Crippen LogP) is 4.37. The molecule has 0 N–H and O–H groups in total. The minimum Gasteiger partial charge on any atom is -0.211 e. The van der Waals surface area contributed by atoms with Crippen LogP contribution in [0.1, 0.15) is 39.7 Å². The summed E-state index contributed by atoms with van der Waals surface area (Å²) in [5.41, 5.74) is 2.26. The van der Waals surface area contributed by atoms with Crippen molar-refractivity contribution in [1.29, 1.82) is 0 Å². The van der Waals surface area contributed by atoms with Gasteiger partial charge < -0.3 is 0 Å². The SMILES string of the molecule is CCC(C)(C)C.Cc1ccc(N=C=O)cc1N=C=O. The molecule has 0 saturated heterocycles. The predicted molar refractivity (Wildman–Crippen MR) is 76.5 cm³/mol. The lowest BCUT2D eigenvalue weighted by atomic mass is 9.94. The summed E-state index contributed by atoms with van der Waals surface area (Å²) < 4.78 is 0. The first-order valence-electron chi connectivity index (χ1n) is 6.10. The van der Waals surface area contributed by atoms with E-state index in [9.17, 15) is 9.59 Å². The number of isocyanates is 2. The number of rotatable bonds is 2. The number of aliphatic imine (C=N–C) groups is 2. The van der Waals surface area contributed by atoms with Gasteiger partial charge in [-0.25, -0.2) is 9.59 Å². The third kappa shape index (κ3) is 7.82. The first kappa shape index (κ1) is 17.0. The number of hydrogen-bond acceptors (Lipinski definition) is 4. The topological polar surface area (TPSA) is 58.9 Å². The van der Waals surface area contributed by atoms with E-state index < -0.39 is 0 Å². The van der Waals surface area contributed by atoms with Gasteiger partial charge in [0, 0.05) is 0 Å². The average molecular weight is 260 g/mol. The minimum absolute atomic E-state index is 0.426. The van der Waals surface area contributed by atoms with Crippen molar-refractivity contribution < 1.29 is 9.59 Å². The first-order chi connectivity index (χ1) is 8.84. The Morgan fingerprint density at radius 2 is 1.63 bits per heavy atom. The Labute approximate surface area is 114 Å². The zero-order valence-corrected chi connectivity index (χ0v) is 12.2. The Morgan fingerprint density at radius 3 is 2.05 bits per heavy atom. The van der Waals surface area contributed by atoms with Gasteiger partial charge in [0.05, 0.1) is 11.4 Å². The van der Waals surface area contributed by atoms with Crippen LogP contribution in [0.25, 0.3) is 0 Å². The Kier molecular flexibility index (Phi) is 7.28. The standard InChI is InChI=1S/C9H6N2O2.C6H14/c1-7-2-3-8(10-5-12)4-9(7)11-6-13;1-5-6(2,3)4/h2-4H,1H3;5H2,1-4H3. The highest BCUT2D eigenvalue weighted by atomic mass is 16.1. The second kappa shape index (κ2) is 8.15. The molecule has 4 nitrogen and oxygen atoms in total. The van der Waals surface area contributed by atoms with E-state index in [4.69, 9.17) is 0 Å². The van der Waals surface area contributed by atoms with E-state index in [0.717, 1.165) is 5.56 Å². The van der Waals surface area contributed by atoms with Crippen molar-refractivity contribution in [2.75, 3.05) is 0 Å². The largest absolute Gasteiger partial charge is 0.240 e. The zero-order valence-electron chi connectivity index (χ0n) is 12.2. The lowest BCUT2D eigenvalue weighted by Gasteiger charge is -2.12. The van der Waals surface area contributed by atoms with Gasteiger partial charge in [0.25, 0.3) is 0 Å². The van der Waals surface area contributed by atoms with E-state index in [2.05, 4.69) is 37.7 Å². The molecule has 0 aliphatic carbocycles. The molecule has 0 aliphatic rings. The summed E-state index contributed by atoms with van der Waals surface area (Å²) >= 11 is 0. The lowest BCUT2D eigenvalue weighted by Crippen LogP contribution is -2.00. The Morgan fingerprint density at radius 1 is 1.11 bits per heavy atom. The molecular weight excluding hydrogens is 240 g/mol. The van der Waals surface area contributed by atoms with Gasteiger partial charge in [-0.15, -0.1) is 0 Å². The van der Waals surface area contributed by atoms with Crippen LogP contribution < -0.4 is 0 Å². The Hall–Kier alpha value is -2.02. The van der Waals surface area contributed by atoms with Crippen LogP contribution in [0.4, 0.5) is 11.4 Å². The second-order valence-electron chi connectivity index (χ2n) is 5.29. The molecule has 0 aliphatic heterocycles. The van der Waals surface area contributed by atoms with E-state index in [1.165, 1.54) is 24.6 Å². The van der Waals surface area contributed by atoms with Gasteiger partial charge >= 0.3 is 0 Å². The quantitative estimate of drug-likeness (QED) is 0.585. The highest BCUT2D eigenvalue weighted by molar-refractivity contribution is 5.61. The third-order valence-corrected chi connectivity index (χ3v) is 2.59. The maximum Gasteiger partial charge on any atom is 0.240 e. The minimum atomic E-state index is 0.426. The molecule has 0 atom stereocenters. The van der Waals surface area contributed by atoms with Crippen LogP contribution in [0.5, 0.6) is 0 Å². The van der Waals surface area contributed by atoms with Crippen LogP contribution >= 0.6 is 0 Å². The molecular formula is C15H20N2O2.